The van der Waals surface area contributed by atoms with Gasteiger partial charge in [0.05, 0.1) is 22.8 Å². The number of aryl methyl sites for hydroxylation is 1. The Balaban J connectivity index is 1.15. The number of benzene rings is 6. The predicted octanol–water partition coefficient (Wildman–Crippen LogP) is 11.4. The molecule has 0 N–H and O–H groups in total. The highest BCUT2D eigenvalue weighted by molar-refractivity contribution is 7.27. The summed E-state index contributed by atoms with van der Waals surface area (Å²) in [6.45, 7) is 3.17. The molecule has 0 aliphatic heterocycles. The van der Waals surface area contributed by atoms with Crippen molar-refractivity contribution in [3.63, 3.8) is 0 Å². The number of hydrogen-bond donors (Lipinski definition) is 0. The predicted molar refractivity (Wildman–Crippen MR) is 189 cm³/mol. The molecule has 45 heavy (non-hydrogen) atoms. The molecule has 0 radical (unpaired) electrons. The van der Waals surface area contributed by atoms with Gasteiger partial charge < -0.3 is 8.98 Å². The van der Waals surface area contributed by atoms with Crippen LogP contribution in [-0.4, -0.2) is 14.5 Å². The first-order valence-corrected chi connectivity index (χ1v) is 16.1. The maximum atomic E-state index is 6.23. The van der Waals surface area contributed by atoms with E-state index in [4.69, 9.17) is 14.4 Å². The Bertz CT molecular complexity index is 2820. The lowest BCUT2D eigenvalue weighted by molar-refractivity contribution is 0.654. The zero-order valence-corrected chi connectivity index (χ0v) is 25.2. The average Bonchev–Trinajstić information content (AvgIpc) is 3.77. The van der Waals surface area contributed by atoms with Gasteiger partial charge in [0.15, 0.2) is 0 Å². The van der Waals surface area contributed by atoms with Crippen LogP contribution in [0.3, 0.4) is 0 Å². The van der Waals surface area contributed by atoms with Gasteiger partial charge in [0.2, 0.25) is 5.71 Å². The molecule has 10 rings (SSSR count). The molecule has 4 aromatic heterocycles. The third-order valence-electron chi connectivity index (χ3n) is 9.26. The SMILES string of the molecule is CCn1c2ccccc2c2c3sc4cccc(-c5cccc(-c6cnc7c(n6)oc6ccc8ccccc8c67)c5)c4c3ccc21. The molecule has 4 heterocycles. The van der Waals surface area contributed by atoms with Gasteiger partial charge >= 0.3 is 0 Å². The summed E-state index contributed by atoms with van der Waals surface area (Å²) in [5.41, 5.74) is 8.95. The van der Waals surface area contributed by atoms with Crippen molar-refractivity contribution in [3.8, 4) is 22.4 Å². The lowest BCUT2D eigenvalue weighted by atomic mass is 9.97. The highest BCUT2D eigenvalue weighted by Gasteiger charge is 2.19. The van der Waals surface area contributed by atoms with Gasteiger partial charge in [-0.25, -0.2) is 9.97 Å². The number of nitrogens with zero attached hydrogens (tertiary/aromatic N) is 3. The van der Waals surface area contributed by atoms with E-state index in [-0.39, 0.29) is 0 Å². The van der Waals surface area contributed by atoms with Crippen molar-refractivity contribution in [2.75, 3.05) is 0 Å². The van der Waals surface area contributed by atoms with Crippen molar-refractivity contribution in [1.82, 2.24) is 14.5 Å². The molecular weight excluding hydrogens is 571 g/mol. The number of fused-ring (bicyclic) bond motifs is 12. The lowest BCUT2D eigenvalue weighted by Gasteiger charge is -2.08. The molecule has 0 atom stereocenters. The first-order valence-electron chi connectivity index (χ1n) is 15.3. The van der Waals surface area contributed by atoms with Crippen molar-refractivity contribution in [1.29, 1.82) is 0 Å². The van der Waals surface area contributed by atoms with Crippen molar-refractivity contribution >= 4 is 86.3 Å². The Morgan fingerprint density at radius 1 is 0.689 bits per heavy atom. The smallest absolute Gasteiger partial charge is 0.246 e. The normalized spacial score (nSPS) is 12.2. The average molecular weight is 596 g/mol. The monoisotopic (exact) mass is 595 g/mol. The van der Waals surface area contributed by atoms with E-state index in [1.807, 2.05) is 23.6 Å². The van der Waals surface area contributed by atoms with E-state index in [0.29, 0.717) is 5.71 Å². The molecule has 4 nitrogen and oxygen atoms in total. The number of furan rings is 1. The summed E-state index contributed by atoms with van der Waals surface area (Å²) >= 11 is 1.90. The summed E-state index contributed by atoms with van der Waals surface area (Å²) in [6.07, 6.45) is 1.87. The van der Waals surface area contributed by atoms with E-state index >= 15 is 0 Å². The molecule has 0 aliphatic carbocycles. The quantitative estimate of drug-likeness (QED) is 0.204. The van der Waals surface area contributed by atoms with Crippen LogP contribution >= 0.6 is 11.3 Å². The van der Waals surface area contributed by atoms with Crippen molar-refractivity contribution in [2.24, 2.45) is 0 Å². The summed E-state index contributed by atoms with van der Waals surface area (Å²) in [4.78, 5) is 9.86. The zero-order chi connectivity index (χ0) is 29.6. The second-order valence-corrected chi connectivity index (χ2v) is 12.7. The molecule has 0 saturated heterocycles. The van der Waals surface area contributed by atoms with Gasteiger partial charge in [-0.2, -0.15) is 0 Å². The van der Waals surface area contributed by atoms with Crippen molar-refractivity contribution in [2.45, 2.75) is 13.5 Å². The fourth-order valence-corrected chi connectivity index (χ4v) is 8.57. The van der Waals surface area contributed by atoms with E-state index in [9.17, 15) is 0 Å². The first-order chi connectivity index (χ1) is 22.3. The molecule has 5 heteroatoms. The van der Waals surface area contributed by atoms with Gasteiger partial charge in [0.25, 0.3) is 0 Å². The Kier molecular flexibility index (Phi) is 5.11. The van der Waals surface area contributed by atoms with E-state index in [1.54, 1.807) is 0 Å². The topological polar surface area (TPSA) is 43.9 Å². The molecule has 6 aromatic carbocycles. The highest BCUT2D eigenvalue weighted by atomic mass is 32.1. The largest absolute Gasteiger partial charge is 0.436 e. The van der Waals surface area contributed by atoms with E-state index in [2.05, 4.69) is 121 Å². The molecule has 10 aromatic rings. The summed E-state index contributed by atoms with van der Waals surface area (Å²) in [7, 11) is 0. The summed E-state index contributed by atoms with van der Waals surface area (Å²) in [5, 5.41) is 8.59. The molecule has 0 fully saturated rings. The van der Waals surface area contributed by atoms with Gasteiger partial charge in [0.1, 0.15) is 11.1 Å². The van der Waals surface area contributed by atoms with Gasteiger partial charge in [-0.3, -0.25) is 0 Å². The lowest BCUT2D eigenvalue weighted by Crippen LogP contribution is -1.92. The minimum Gasteiger partial charge on any atom is -0.436 e. The second-order valence-electron chi connectivity index (χ2n) is 11.6. The molecule has 0 unspecified atom stereocenters. The van der Waals surface area contributed by atoms with Crippen LogP contribution in [0.15, 0.2) is 126 Å². The Hall–Kier alpha value is -5.52. The van der Waals surface area contributed by atoms with Crippen LogP contribution < -0.4 is 0 Å². The molecular formula is C40H25N3OS. The maximum Gasteiger partial charge on any atom is 0.246 e. The molecule has 0 bridgehead atoms. The van der Waals surface area contributed by atoms with Crippen molar-refractivity contribution < 1.29 is 4.42 Å². The Morgan fingerprint density at radius 3 is 2.47 bits per heavy atom. The molecule has 0 saturated carbocycles. The Labute approximate surface area is 261 Å². The van der Waals surface area contributed by atoms with Gasteiger partial charge in [-0.1, -0.05) is 84.9 Å². The minimum atomic E-state index is 0.561. The second kappa shape index (κ2) is 9.24. The summed E-state index contributed by atoms with van der Waals surface area (Å²) in [6, 6.07) is 41.2. The van der Waals surface area contributed by atoms with E-state index in [0.717, 1.165) is 45.2 Å². The van der Waals surface area contributed by atoms with Crippen LogP contribution in [-0.2, 0) is 6.54 Å². The summed E-state index contributed by atoms with van der Waals surface area (Å²) in [5.74, 6) is 0. The van der Waals surface area contributed by atoms with E-state index < -0.39 is 0 Å². The van der Waals surface area contributed by atoms with Crippen LogP contribution in [0.5, 0.6) is 0 Å². The number of para-hydroxylation sites is 1. The van der Waals surface area contributed by atoms with Crippen LogP contribution in [0.25, 0.3) is 97.3 Å². The van der Waals surface area contributed by atoms with Gasteiger partial charge in [-0.05, 0) is 59.2 Å². The summed E-state index contributed by atoms with van der Waals surface area (Å²) < 4.78 is 11.3. The van der Waals surface area contributed by atoms with Crippen LogP contribution in [0, 0.1) is 0 Å². The molecule has 0 spiro atoms. The highest BCUT2D eigenvalue weighted by Crippen LogP contribution is 2.45. The zero-order valence-electron chi connectivity index (χ0n) is 24.4. The first kappa shape index (κ1) is 24.9. The van der Waals surface area contributed by atoms with Gasteiger partial charge in [0, 0.05) is 48.6 Å². The third-order valence-corrected chi connectivity index (χ3v) is 10.4. The third kappa shape index (κ3) is 3.47. The van der Waals surface area contributed by atoms with Gasteiger partial charge in [-0.15, -0.1) is 11.3 Å². The minimum absolute atomic E-state index is 0.561. The van der Waals surface area contributed by atoms with Crippen LogP contribution in [0.1, 0.15) is 6.92 Å². The number of hydrogen-bond acceptors (Lipinski definition) is 4. The van der Waals surface area contributed by atoms with E-state index in [1.165, 1.54) is 52.9 Å². The molecule has 212 valence electrons. The fourth-order valence-electron chi connectivity index (χ4n) is 7.28. The Morgan fingerprint density at radius 2 is 1.53 bits per heavy atom. The molecule has 0 amide bonds. The van der Waals surface area contributed by atoms with Crippen LogP contribution in [0.2, 0.25) is 0 Å². The van der Waals surface area contributed by atoms with Crippen LogP contribution in [0.4, 0.5) is 0 Å². The standard InChI is InChI=1S/C40H25N3OS/c1-2-43-31-15-6-5-13-28(31)36-32(43)19-18-29-35-27(14-8-16-34(35)45-39(29)36)24-10-7-11-25(21-24)30-22-41-38-37-26-12-4-3-9-23(26)17-20-33(37)44-40(38)42-30/h3-22H,2H2,1H3. The fraction of sp³-hybridized carbons (Fsp3) is 0.0500. The van der Waals surface area contributed by atoms with Crippen molar-refractivity contribution in [3.05, 3.63) is 121 Å². The number of thiophene rings is 1. The number of aromatic nitrogens is 3. The number of rotatable bonds is 3. The molecule has 0 aliphatic rings. The maximum absolute atomic E-state index is 6.23.